The fourth-order valence-electron chi connectivity index (χ4n) is 2.07. The molecular weight excluding hydrogens is 253 g/mol. The van der Waals surface area contributed by atoms with Crippen molar-refractivity contribution in [3.63, 3.8) is 0 Å². The van der Waals surface area contributed by atoms with Crippen LogP contribution in [-0.4, -0.2) is 17.6 Å². The summed E-state index contributed by atoms with van der Waals surface area (Å²) in [5.74, 6) is 1.51. The molecule has 2 aromatic rings. The van der Waals surface area contributed by atoms with Gasteiger partial charge in [0.25, 0.3) is 0 Å². The van der Waals surface area contributed by atoms with Gasteiger partial charge in [-0.25, -0.2) is 9.37 Å². The maximum atomic E-state index is 12.9. The van der Waals surface area contributed by atoms with Crippen LogP contribution in [0.15, 0.2) is 42.5 Å². The highest BCUT2D eigenvalue weighted by molar-refractivity contribution is 5.45. The number of anilines is 2. The van der Waals surface area contributed by atoms with Crippen molar-refractivity contribution < 1.29 is 4.39 Å². The lowest BCUT2D eigenvalue weighted by molar-refractivity contribution is 0.626. The maximum absolute atomic E-state index is 12.9. The van der Waals surface area contributed by atoms with Gasteiger partial charge in [0.05, 0.1) is 0 Å². The topological polar surface area (TPSA) is 37.0 Å². The Hall–Kier alpha value is -2.10. The van der Waals surface area contributed by atoms with E-state index in [2.05, 4.69) is 22.5 Å². The van der Waals surface area contributed by atoms with Gasteiger partial charge >= 0.3 is 0 Å². The predicted molar refractivity (Wildman–Crippen MR) is 81.6 cm³/mol. The molecule has 1 heterocycles. The fraction of sp³-hybridized carbons (Fsp3) is 0.312. The van der Waals surface area contributed by atoms with E-state index in [1.165, 1.54) is 12.1 Å². The van der Waals surface area contributed by atoms with Crippen LogP contribution in [0.25, 0.3) is 0 Å². The van der Waals surface area contributed by atoms with Crippen LogP contribution in [-0.2, 0) is 6.42 Å². The van der Waals surface area contributed by atoms with E-state index in [9.17, 15) is 4.39 Å². The van der Waals surface area contributed by atoms with Crippen LogP contribution in [0.2, 0.25) is 0 Å². The van der Waals surface area contributed by atoms with Crippen molar-refractivity contribution in [1.29, 1.82) is 0 Å². The van der Waals surface area contributed by atoms with E-state index in [-0.39, 0.29) is 11.9 Å². The van der Waals surface area contributed by atoms with Crippen molar-refractivity contribution in [3.8, 4) is 0 Å². The summed E-state index contributed by atoms with van der Waals surface area (Å²) in [4.78, 5) is 4.48. The molecule has 2 N–H and O–H groups in total. The Bertz CT molecular complexity index is 540. The van der Waals surface area contributed by atoms with Gasteiger partial charge in [-0.15, -0.1) is 0 Å². The van der Waals surface area contributed by atoms with Gasteiger partial charge in [0, 0.05) is 12.6 Å². The number of rotatable bonds is 6. The number of pyridine rings is 1. The highest BCUT2D eigenvalue weighted by atomic mass is 19.1. The van der Waals surface area contributed by atoms with Crippen molar-refractivity contribution in [2.75, 3.05) is 17.2 Å². The molecule has 0 fully saturated rings. The average molecular weight is 273 g/mol. The molecule has 0 bridgehead atoms. The van der Waals surface area contributed by atoms with E-state index < -0.39 is 0 Å². The Balaban J connectivity index is 1.95. The first-order chi connectivity index (χ1) is 9.67. The third kappa shape index (κ3) is 4.23. The molecule has 1 atom stereocenters. The second kappa shape index (κ2) is 6.89. The smallest absolute Gasteiger partial charge is 0.128 e. The molecular formula is C16H20FN3. The van der Waals surface area contributed by atoms with E-state index in [4.69, 9.17) is 0 Å². The minimum absolute atomic E-state index is 0.200. The fourth-order valence-corrected chi connectivity index (χ4v) is 2.07. The van der Waals surface area contributed by atoms with Crippen LogP contribution in [0.3, 0.4) is 0 Å². The zero-order valence-corrected chi connectivity index (χ0v) is 11.9. The van der Waals surface area contributed by atoms with Crippen molar-refractivity contribution >= 4 is 11.6 Å². The molecule has 1 aromatic heterocycles. The average Bonchev–Trinajstić information content (AvgIpc) is 2.42. The normalized spacial score (nSPS) is 11.9. The summed E-state index contributed by atoms with van der Waals surface area (Å²) in [6.45, 7) is 4.98. The van der Waals surface area contributed by atoms with Gasteiger partial charge < -0.3 is 10.6 Å². The lowest BCUT2D eigenvalue weighted by atomic mass is 10.1. The van der Waals surface area contributed by atoms with Gasteiger partial charge in [-0.1, -0.05) is 18.2 Å². The number of nitrogens with one attached hydrogen (secondary N) is 2. The monoisotopic (exact) mass is 273 g/mol. The highest BCUT2D eigenvalue weighted by Gasteiger charge is 2.05. The summed E-state index contributed by atoms with van der Waals surface area (Å²) in [6.07, 6.45) is 0.827. The third-order valence-corrected chi connectivity index (χ3v) is 2.96. The first-order valence-electron chi connectivity index (χ1n) is 6.89. The molecule has 0 aliphatic carbocycles. The van der Waals surface area contributed by atoms with Crippen LogP contribution in [0.4, 0.5) is 16.0 Å². The van der Waals surface area contributed by atoms with Crippen molar-refractivity contribution in [2.45, 2.75) is 26.3 Å². The van der Waals surface area contributed by atoms with Gasteiger partial charge in [-0.05, 0) is 50.1 Å². The molecule has 20 heavy (non-hydrogen) atoms. The molecule has 0 amide bonds. The van der Waals surface area contributed by atoms with E-state index in [1.54, 1.807) is 0 Å². The molecule has 2 rings (SSSR count). The van der Waals surface area contributed by atoms with E-state index in [1.807, 2.05) is 37.3 Å². The molecule has 3 nitrogen and oxygen atoms in total. The van der Waals surface area contributed by atoms with Gasteiger partial charge in [-0.3, -0.25) is 0 Å². The molecule has 0 spiro atoms. The summed E-state index contributed by atoms with van der Waals surface area (Å²) < 4.78 is 12.9. The van der Waals surface area contributed by atoms with Gasteiger partial charge in [0.1, 0.15) is 17.5 Å². The zero-order valence-electron chi connectivity index (χ0n) is 11.9. The Morgan fingerprint density at radius 1 is 1.10 bits per heavy atom. The molecule has 4 heteroatoms. The lowest BCUT2D eigenvalue weighted by Gasteiger charge is -2.15. The number of aromatic nitrogens is 1. The molecule has 106 valence electrons. The number of benzene rings is 1. The zero-order chi connectivity index (χ0) is 14.4. The van der Waals surface area contributed by atoms with Gasteiger partial charge in [0.2, 0.25) is 0 Å². The van der Waals surface area contributed by atoms with Crippen LogP contribution in [0.1, 0.15) is 19.4 Å². The quantitative estimate of drug-likeness (QED) is 0.842. The molecule has 0 radical (unpaired) electrons. The van der Waals surface area contributed by atoms with Crippen LogP contribution >= 0.6 is 0 Å². The molecule has 0 aliphatic rings. The molecule has 1 aromatic carbocycles. The molecule has 0 aliphatic heterocycles. The van der Waals surface area contributed by atoms with E-state index >= 15 is 0 Å². The third-order valence-electron chi connectivity index (χ3n) is 2.96. The first kappa shape index (κ1) is 14.3. The number of nitrogens with zero attached hydrogens (tertiary/aromatic N) is 1. The maximum Gasteiger partial charge on any atom is 0.128 e. The summed E-state index contributed by atoms with van der Waals surface area (Å²) in [5, 5.41) is 6.54. The standard InChI is InChI=1S/C16H20FN3/c1-3-18-15-5-4-6-16(20-15)19-12(2)11-13-7-9-14(17)10-8-13/h4-10,12H,3,11H2,1-2H3,(H2,18,19,20). The summed E-state index contributed by atoms with van der Waals surface area (Å²) in [6, 6.07) is 12.7. The molecule has 1 unspecified atom stereocenters. The molecule has 0 saturated carbocycles. The number of halogens is 1. The van der Waals surface area contributed by atoms with E-state index in [0.29, 0.717) is 0 Å². The number of hydrogen-bond acceptors (Lipinski definition) is 3. The van der Waals surface area contributed by atoms with Crippen LogP contribution in [0.5, 0.6) is 0 Å². The Morgan fingerprint density at radius 2 is 1.80 bits per heavy atom. The van der Waals surface area contributed by atoms with Crippen molar-refractivity contribution in [1.82, 2.24) is 4.98 Å². The number of hydrogen-bond donors (Lipinski definition) is 2. The highest BCUT2D eigenvalue weighted by Crippen LogP contribution is 2.12. The van der Waals surface area contributed by atoms with Crippen LogP contribution in [0, 0.1) is 5.82 Å². The molecule has 0 saturated heterocycles. The van der Waals surface area contributed by atoms with Crippen LogP contribution < -0.4 is 10.6 Å². The van der Waals surface area contributed by atoms with Crippen molar-refractivity contribution in [2.24, 2.45) is 0 Å². The van der Waals surface area contributed by atoms with Gasteiger partial charge in [-0.2, -0.15) is 0 Å². The Labute approximate surface area is 119 Å². The lowest BCUT2D eigenvalue weighted by Crippen LogP contribution is -2.19. The summed E-state index contributed by atoms with van der Waals surface area (Å²) in [5.41, 5.74) is 1.11. The largest absolute Gasteiger partial charge is 0.370 e. The van der Waals surface area contributed by atoms with Crippen molar-refractivity contribution in [3.05, 3.63) is 53.8 Å². The predicted octanol–water partition coefficient (Wildman–Crippen LogP) is 3.70. The summed E-state index contributed by atoms with van der Waals surface area (Å²) in [7, 11) is 0. The minimum atomic E-state index is -0.200. The first-order valence-corrected chi connectivity index (χ1v) is 6.89. The Morgan fingerprint density at radius 3 is 2.50 bits per heavy atom. The van der Waals surface area contributed by atoms with Gasteiger partial charge in [0.15, 0.2) is 0 Å². The minimum Gasteiger partial charge on any atom is -0.370 e. The second-order valence-corrected chi connectivity index (χ2v) is 4.81. The summed E-state index contributed by atoms with van der Waals surface area (Å²) >= 11 is 0. The SMILES string of the molecule is CCNc1cccc(NC(C)Cc2ccc(F)cc2)n1. The van der Waals surface area contributed by atoms with E-state index in [0.717, 1.165) is 30.2 Å². The second-order valence-electron chi connectivity index (χ2n) is 4.81. The Kier molecular flexibility index (Phi) is 4.93.